The summed E-state index contributed by atoms with van der Waals surface area (Å²) in [6.45, 7) is 2.10. The van der Waals surface area contributed by atoms with Crippen LogP contribution >= 0.6 is 0 Å². The number of rotatable bonds is 3. The third-order valence-corrected chi connectivity index (χ3v) is 6.21. The van der Waals surface area contributed by atoms with Gasteiger partial charge in [-0.25, -0.2) is 0 Å². The predicted molar refractivity (Wildman–Crippen MR) is 110 cm³/mol. The van der Waals surface area contributed by atoms with Crippen molar-refractivity contribution in [2.45, 2.75) is 51.1 Å². The number of aromatic amines is 1. The van der Waals surface area contributed by atoms with E-state index in [1.165, 1.54) is 30.4 Å². The van der Waals surface area contributed by atoms with E-state index in [0.29, 0.717) is 11.7 Å². The number of nitrogens with zero attached hydrogens (tertiary/aromatic N) is 2. The highest BCUT2D eigenvalue weighted by atomic mass is 16.2. The second-order valence-electron chi connectivity index (χ2n) is 8.04. The van der Waals surface area contributed by atoms with Gasteiger partial charge >= 0.3 is 0 Å². The maximum atomic E-state index is 13.4. The molecule has 0 saturated heterocycles. The minimum atomic E-state index is -0.0693. The quantitative estimate of drug-likeness (QED) is 0.682. The summed E-state index contributed by atoms with van der Waals surface area (Å²) in [6.07, 6.45) is 5.86. The highest BCUT2D eigenvalue weighted by Gasteiger charge is 2.45. The number of carbonyl (C=O) groups is 1. The van der Waals surface area contributed by atoms with Crippen molar-refractivity contribution >= 4 is 5.91 Å². The van der Waals surface area contributed by atoms with E-state index >= 15 is 0 Å². The summed E-state index contributed by atoms with van der Waals surface area (Å²) >= 11 is 0. The molecule has 2 aromatic carbocycles. The molecule has 1 fully saturated rings. The van der Waals surface area contributed by atoms with Crippen LogP contribution < -0.4 is 0 Å². The fourth-order valence-electron chi connectivity index (χ4n) is 4.79. The number of fused-ring (bicyclic) bond motifs is 1. The Labute approximate surface area is 165 Å². The van der Waals surface area contributed by atoms with E-state index in [1.807, 2.05) is 18.2 Å². The van der Waals surface area contributed by atoms with Gasteiger partial charge in [0.15, 0.2) is 0 Å². The third kappa shape index (κ3) is 2.75. The molecule has 0 radical (unpaired) electrons. The van der Waals surface area contributed by atoms with E-state index < -0.39 is 0 Å². The smallest absolute Gasteiger partial charge is 0.273 e. The summed E-state index contributed by atoms with van der Waals surface area (Å²) in [5.74, 6) is 0.0992. The van der Waals surface area contributed by atoms with Crippen molar-refractivity contribution in [1.82, 2.24) is 15.1 Å². The molecule has 4 heteroatoms. The molecule has 5 rings (SSSR count). The Balaban J connectivity index is 1.66. The van der Waals surface area contributed by atoms with E-state index in [9.17, 15) is 4.79 Å². The lowest BCUT2D eigenvalue weighted by molar-refractivity contribution is 0.0606. The molecule has 1 amide bonds. The van der Waals surface area contributed by atoms with Gasteiger partial charge in [0.05, 0.1) is 11.7 Å². The van der Waals surface area contributed by atoms with Gasteiger partial charge in [0.1, 0.15) is 5.69 Å². The van der Waals surface area contributed by atoms with E-state index in [1.54, 1.807) is 0 Å². The average molecular weight is 371 g/mol. The summed E-state index contributed by atoms with van der Waals surface area (Å²) in [7, 11) is 0. The molecule has 142 valence electrons. The van der Waals surface area contributed by atoms with E-state index in [2.05, 4.69) is 58.4 Å². The Morgan fingerprint density at radius 3 is 2.39 bits per heavy atom. The number of benzene rings is 2. The predicted octanol–water partition coefficient (Wildman–Crippen LogP) is 5.26. The van der Waals surface area contributed by atoms with Crippen molar-refractivity contribution in [1.29, 1.82) is 0 Å². The number of H-pyrrole nitrogens is 1. The molecule has 1 unspecified atom stereocenters. The first kappa shape index (κ1) is 17.2. The van der Waals surface area contributed by atoms with Crippen LogP contribution in [0.5, 0.6) is 0 Å². The molecule has 4 nitrogen and oxygen atoms in total. The van der Waals surface area contributed by atoms with Crippen LogP contribution in [0, 0.1) is 6.92 Å². The lowest BCUT2D eigenvalue weighted by atomic mass is 9.90. The van der Waals surface area contributed by atoms with Crippen LogP contribution in [0.1, 0.15) is 65.3 Å². The summed E-state index contributed by atoms with van der Waals surface area (Å²) in [5.41, 5.74) is 6.04. The Morgan fingerprint density at radius 1 is 0.964 bits per heavy atom. The largest absolute Gasteiger partial charge is 0.323 e. The minimum absolute atomic E-state index is 0.0693. The van der Waals surface area contributed by atoms with Crippen molar-refractivity contribution in [2.24, 2.45) is 0 Å². The van der Waals surface area contributed by atoms with Gasteiger partial charge in [-0.05, 0) is 25.3 Å². The molecule has 28 heavy (non-hydrogen) atoms. The van der Waals surface area contributed by atoms with Crippen LogP contribution in [0.15, 0.2) is 54.6 Å². The Morgan fingerprint density at radius 2 is 1.68 bits per heavy atom. The van der Waals surface area contributed by atoms with Crippen molar-refractivity contribution in [3.63, 3.8) is 0 Å². The van der Waals surface area contributed by atoms with Crippen LogP contribution in [0.3, 0.4) is 0 Å². The molecule has 0 bridgehead atoms. The van der Waals surface area contributed by atoms with E-state index in [0.717, 1.165) is 29.7 Å². The van der Waals surface area contributed by atoms with Gasteiger partial charge in [-0.2, -0.15) is 5.10 Å². The highest BCUT2D eigenvalue weighted by molar-refractivity contribution is 6.00. The highest BCUT2D eigenvalue weighted by Crippen LogP contribution is 2.45. The van der Waals surface area contributed by atoms with Crippen molar-refractivity contribution < 1.29 is 4.79 Å². The van der Waals surface area contributed by atoms with Gasteiger partial charge in [-0.3, -0.25) is 9.89 Å². The fourth-order valence-corrected chi connectivity index (χ4v) is 4.79. The number of hydrogen-bond donors (Lipinski definition) is 1. The normalized spacial score (nSPS) is 19.8. The second kappa shape index (κ2) is 6.93. The Bertz CT molecular complexity index is 984. The van der Waals surface area contributed by atoms with Gasteiger partial charge in [-0.15, -0.1) is 0 Å². The molecule has 3 aromatic rings. The molecular weight excluding hydrogens is 346 g/mol. The molecule has 1 aromatic heterocycles. The van der Waals surface area contributed by atoms with Crippen molar-refractivity contribution in [3.05, 3.63) is 77.0 Å². The van der Waals surface area contributed by atoms with Gasteiger partial charge in [0, 0.05) is 17.2 Å². The second-order valence-corrected chi connectivity index (χ2v) is 8.04. The molecular formula is C24H25N3O. The standard InChI is InChI=1S/C24H25N3O/c1-16-12-14-18(15-13-16)23-20-21(17-8-4-2-5-9-17)25-26-22(20)24(28)27(23)19-10-6-3-7-11-19/h2,4-5,8-9,12-15,19,23H,3,6-7,10-11H2,1H3,(H,25,26). The third-order valence-electron chi connectivity index (χ3n) is 6.21. The van der Waals surface area contributed by atoms with Crippen LogP contribution in [0.25, 0.3) is 11.3 Å². The molecule has 1 aliphatic heterocycles. The first-order chi connectivity index (χ1) is 13.7. The monoisotopic (exact) mass is 371 g/mol. The fraction of sp³-hybridized carbons (Fsp3) is 0.333. The summed E-state index contributed by atoms with van der Waals surface area (Å²) < 4.78 is 0. The Kier molecular flexibility index (Phi) is 4.27. The zero-order chi connectivity index (χ0) is 19.1. The van der Waals surface area contributed by atoms with Crippen LogP contribution in [-0.4, -0.2) is 27.0 Å². The number of aryl methyl sites for hydroxylation is 1. The number of nitrogens with one attached hydrogen (secondary N) is 1. The summed E-state index contributed by atoms with van der Waals surface area (Å²) in [6, 6.07) is 19.0. The molecule has 2 heterocycles. The van der Waals surface area contributed by atoms with Crippen molar-refractivity contribution in [2.75, 3.05) is 0 Å². The van der Waals surface area contributed by atoms with E-state index in [4.69, 9.17) is 0 Å². The lowest BCUT2D eigenvalue weighted by Crippen LogP contribution is -2.40. The first-order valence-electron chi connectivity index (χ1n) is 10.3. The summed E-state index contributed by atoms with van der Waals surface area (Å²) in [5, 5.41) is 7.63. The maximum Gasteiger partial charge on any atom is 0.273 e. The lowest BCUT2D eigenvalue weighted by Gasteiger charge is -2.36. The first-order valence-corrected chi connectivity index (χ1v) is 10.3. The number of aromatic nitrogens is 2. The minimum Gasteiger partial charge on any atom is -0.323 e. The van der Waals surface area contributed by atoms with Gasteiger partial charge in [0.25, 0.3) is 5.91 Å². The SMILES string of the molecule is Cc1ccc(C2c3c(-c4ccccc4)n[nH]c3C(=O)N2C2CCCCC2)cc1. The van der Waals surface area contributed by atoms with E-state index in [-0.39, 0.29) is 11.9 Å². The Hall–Kier alpha value is -2.88. The molecule has 1 N–H and O–H groups in total. The average Bonchev–Trinajstić information content (AvgIpc) is 3.29. The van der Waals surface area contributed by atoms with Crippen LogP contribution in [-0.2, 0) is 0 Å². The molecule has 1 atom stereocenters. The zero-order valence-corrected chi connectivity index (χ0v) is 16.2. The van der Waals surface area contributed by atoms with Crippen LogP contribution in [0.4, 0.5) is 0 Å². The van der Waals surface area contributed by atoms with Gasteiger partial charge < -0.3 is 4.90 Å². The van der Waals surface area contributed by atoms with Gasteiger partial charge in [0.2, 0.25) is 0 Å². The molecule has 1 aliphatic carbocycles. The molecule has 1 saturated carbocycles. The zero-order valence-electron chi connectivity index (χ0n) is 16.2. The molecule has 2 aliphatic rings. The topological polar surface area (TPSA) is 49.0 Å². The number of amides is 1. The van der Waals surface area contributed by atoms with Crippen LogP contribution in [0.2, 0.25) is 0 Å². The maximum absolute atomic E-state index is 13.4. The van der Waals surface area contributed by atoms with Gasteiger partial charge in [-0.1, -0.05) is 79.4 Å². The van der Waals surface area contributed by atoms with Crippen molar-refractivity contribution in [3.8, 4) is 11.3 Å². The number of hydrogen-bond acceptors (Lipinski definition) is 2. The summed E-state index contributed by atoms with van der Waals surface area (Å²) in [4.78, 5) is 15.6. The number of carbonyl (C=O) groups excluding carboxylic acids is 1. The molecule has 0 spiro atoms.